The lowest BCUT2D eigenvalue weighted by atomic mass is 10.0. The maximum Gasteiger partial charge on any atom is 0.118 e. The third-order valence-electron chi connectivity index (χ3n) is 3.35. The fourth-order valence-corrected chi connectivity index (χ4v) is 3.41. The summed E-state index contributed by atoms with van der Waals surface area (Å²) in [7, 11) is 0. The van der Waals surface area contributed by atoms with Crippen LogP contribution in [0, 0.1) is 5.92 Å². The Kier molecular flexibility index (Phi) is 4.91. The van der Waals surface area contributed by atoms with E-state index >= 15 is 0 Å². The average molecular weight is 233 g/mol. The van der Waals surface area contributed by atoms with E-state index in [-0.39, 0.29) is 6.04 Å². The molecule has 0 N–H and O–H groups in total. The van der Waals surface area contributed by atoms with Crippen LogP contribution in [0.4, 0.5) is 4.39 Å². The predicted octanol–water partition coefficient (Wildman–Crippen LogP) is 3.19. The maximum absolute atomic E-state index is 13.9. The Hall–Kier alpha value is 0.240. The van der Waals surface area contributed by atoms with Gasteiger partial charge in [0.05, 0.1) is 6.04 Å². The van der Waals surface area contributed by atoms with E-state index in [1.165, 1.54) is 0 Å². The van der Waals surface area contributed by atoms with Crippen molar-refractivity contribution in [3.05, 3.63) is 0 Å². The van der Waals surface area contributed by atoms with Gasteiger partial charge in [-0.25, -0.2) is 4.39 Å². The van der Waals surface area contributed by atoms with Gasteiger partial charge < -0.3 is 0 Å². The summed E-state index contributed by atoms with van der Waals surface area (Å²) in [6, 6.07) is 1.01. The molecular formula is C12H24FNS. The minimum Gasteiger partial charge on any atom is -0.291 e. The fraction of sp³-hybridized carbons (Fsp3) is 1.00. The largest absolute Gasteiger partial charge is 0.291 e. The predicted molar refractivity (Wildman–Crippen MR) is 67.3 cm³/mol. The minimum absolute atomic E-state index is 0.132. The molecular weight excluding hydrogens is 209 g/mol. The monoisotopic (exact) mass is 233 g/mol. The van der Waals surface area contributed by atoms with Crippen molar-refractivity contribution in [3.8, 4) is 0 Å². The van der Waals surface area contributed by atoms with Gasteiger partial charge in [-0.15, -0.1) is 0 Å². The molecule has 1 fully saturated rings. The molecule has 3 heteroatoms. The van der Waals surface area contributed by atoms with Crippen molar-refractivity contribution in [3.63, 3.8) is 0 Å². The second-order valence-corrected chi connectivity index (χ2v) is 6.04. The van der Waals surface area contributed by atoms with Gasteiger partial charge in [0.1, 0.15) is 6.17 Å². The molecule has 0 amide bonds. The molecule has 3 atom stereocenters. The fourth-order valence-electron chi connectivity index (χ4n) is 2.69. The number of thioether (sulfide) groups is 1. The molecule has 1 nitrogen and oxygen atoms in total. The molecule has 0 saturated carbocycles. The Morgan fingerprint density at radius 2 is 1.93 bits per heavy atom. The van der Waals surface area contributed by atoms with Crippen molar-refractivity contribution >= 4 is 11.8 Å². The highest BCUT2D eigenvalue weighted by Gasteiger charge is 2.43. The molecule has 1 heterocycles. The summed E-state index contributed by atoms with van der Waals surface area (Å²) >= 11 is 1.76. The summed E-state index contributed by atoms with van der Waals surface area (Å²) in [5.41, 5.74) is 0. The first-order valence-electron chi connectivity index (χ1n) is 5.89. The normalized spacial score (nSPS) is 33.2. The molecule has 0 aromatic heterocycles. The molecule has 15 heavy (non-hydrogen) atoms. The van der Waals surface area contributed by atoms with Gasteiger partial charge in [0, 0.05) is 17.8 Å². The number of rotatable bonds is 4. The van der Waals surface area contributed by atoms with Gasteiger partial charge in [-0.05, 0) is 32.4 Å². The van der Waals surface area contributed by atoms with Crippen LogP contribution >= 0.6 is 11.8 Å². The van der Waals surface area contributed by atoms with Crippen LogP contribution in [0.2, 0.25) is 0 Å². The number of alkyl halides is 1. The Morgan fingerprint density at radius 3 is 2.33 bits per heavy atom. The molecule has 1 rings (SSSR count). The lowest BCUT2D eigenvalue weighted by Gasteiger charge is -2.35. The summed E-state index contributed by atoms with van der Waals surface area (Å²) in [5.74, 6) is 1.47. The summed E-state index contributed by atoms with van der Waals surface area (Å²) in [6.07, 6.45) is 2.15. The van der Waals surface area contributed by atoms with E-state index in [4.69, 9.17) is 0 Å². The van der Waals surface area contributed by atoms with E-state index in [0.717, 1.165) is 12.2 Å². The third kappa shape index (κ3) is 2.88. The standard InChI is InChI=1S/C12H24FNS/c1-8(2)11-6-10(13)12(7-15-5)14(11)9(3)4/h8-12H,6-7H2,1-5H3. The maximum atomic E-state index is 13.9. The zero-order valence-corrected chi connectivity index (χ0v) is 11.4. The summed E-state index contributed by atoms with van der Waals surface area (Å²) < 4.78 is 13.9. The quantitative estimate of drug-likeness (QED) is 0.733. The topological polar surface area (TPSA) is 3.24 Å². The summed E-state index contributed by atoms with van der Waals surface area (Å²) in [5, 5.41) is 0. The van der Waals surface area contributed by atoms with Gasteiger partial charge in [-0.3, -0.25) is 4.90 Å². The van der Waals surface area contributed by atoms with E-state index in [0.29, 0.717) is 18.0 Å². The highest BCUT2D eigenvalue weighted by Crippen LogP contribution is 2.34. The van der Waals surface area contributed by atoms with Crippen LogP contribution in [0.3, 0.4) is 0 Å². The molecule has 3 unspecified atom stereocenters. The van der Waals surface area contributed by atoms with Crippen LogP contribution < -0.4 is 0 Å². The lowest BCUT2D eigenvalue weighted by molar-refractivity contribution is 0.118. The van der Waals surface area contributed by atoms with Gasteiger partial charge >= 0.3 is 0 Å². The molecule has 0 spiro atoms. The van der Waals surface area contributed by atoms with Crippen molar-refractivity contribution in [1.82, 2.24) is 4.90 Å². The average Bonchev–Trinajstić information content (AvgIpc) is 2.45. The Morgan fingerprint density at radius 1 is 1.33 bits per heavy atom. The van der Waals surface area contributed by atoms with Gasteiger partial charge in [-0.2, -0.15) is 11.8 Å². The molecule has 0 bridgehead atoms. The van der Waals surface area contributed by atoms with E-state index in [1.54, 1.807) is 11.8 Å². The first-order chi connectivity index (χ1) is 6.99. The second kappa shape index (κ2) is 5.53. The van der Waals surface area contributed by atoms with Crippen LogP contribution in [0.25, 0.3) is 0 Å². The molecule has 1 aliphatic heterocycles. The van der Waals surface area contributed by atoms with Gasteiger partial charge in [0.25, 0.3) is 0 Å². The van der Waals surface area contributed by atoms with Gasteiger partial charge in [0.2, 0.25) is 0 Å². The third-order valence-corrected chi connectivity index (χ3v) is 4.03. The molecule has 1 aliphatic rings. The Labute approximate surface area is 97.8 Å². The second-order valence-electron chi connectivity index (χ2n) is 5.13. The van der Waals surface area contributed by atoms with Crippen molar-refractivity contribution in [2.75, 3.05) is 12.0 Å². The van der Waals surface area contributed by atoms with E-state index in [2.05, 4.69) is 38.9 Å². The zero-order chi connectivity index (χ0) is 11.6. The number of hydrogen-bond donors (Lipinski definition) is 0. The molecule has 1 saturated heterocycles. The van der Waals surface area contributed by atoms with Crippen LogP contribution in [-0.2, 0) is 0 Å². The van der Waals surface area contributed by atoms with Gasteiger partial charge in [-0.1, -0.05) is 13.8 Å². The van der Waals surface area contributed by atoms with Crippen LogP contribution in [0.15, 0.2) is 0 Å². The number of likely N-dealkylation sites (tertiary alicyclic amines) is 1. The summed E-state index contributed by atoms with van der Waals surface area (Å²) in [6.45, 7) is 8.77. The molecule has 0 aromatic carbocycles. The minimum atomic E-state index is -0.632. The number of halogens is 1. The smallest absolute Gasteiger partial charge is 0.118 e. The first kappa shape index (κ1) is 13.3. The summed E-state index contributed by atoms with van der Waals surface area (Å²) in [4.78, 5) is 2.39. The number of hydrogen-bond acceptors (Lipinski definition) is 2. The SMILES string of the molecule is CSCC1C(F)CC(C(C)C)N1C(C)C. The highest BCUT2D eigenvalue weighted by atomic mass is 32.2. The van der Waals surface area contributed by atoms with Crippen LogP contribution in [0.1, 0.15) is 34.1 Å². The van der Waals surface area contributed by atoms with Crippen LogP contribution in [0.5, 0.6) is 0 Å². The molecule has 90 valence electrons. The first-order valence-corrected chi connectivity index (χ1v) is 7.28. The molecule has 0 aromatic rings. The Balaban J connectivity index is 2.78. The van der Waals surface area contributed by atoms with E-state index < -0.39 is 6.17 Å². The lowest BCUT2D eigenvalue weighted by Crippen LogP contribution is -2.45. The van der Waals surface area contributed by atoms with Crippen molar-refractivity contribution in [2.24, 2.45) is 5.92 Å². The van der Waals surface area contributed by atoms with Gasteiger partial charge in [0.15, 0.2) is 0 Å². The number of nitrogens with zero attached hydrogens (tertiary/aromatic N) is 1. The van der Waals surface area contributed by atoms with Crippen molar-refractivity contribution in [2.45, 2.75) is 58.4 Å². The highest BCUT2D eigenvalue weighted by molar-refractivity contribution is 7.98. The van der Waals surface area contributed by atoms with Crippen molar-refractivity contribution in [1.29, 1.82) is 0 Å². The molecule has 0 radical (unpaired) electrons. The van der Waals surface area contributed by atoms with E-state index in [9.17, 15) is 4.39 Å². The van der Waals surface area contributed by atoms with E-state index in [1.807, 2.05) is 0 Å². The molecule has 0 aliphatic carbocycles. The van der Waals surface area contributed by atoms with Crippen molar-refractivity contribution < 1.29 is 4.39 Å². The van der Waals surface area contributed by atoms with Crippen LogP contribution in [-0.4, -0.2) is 41.2 Å². The zero-order valence-electron chi connectivity index (χ0n) is 10.5. The Bertz CT molecular complexity index is 196.